The van der Waals surface area contributed by atoms with E-state index in [4.69, 9.17) is 4.74 Å². The molecular formula is C18H13BrN2O5. The van der Waals surface area contributed by atoms with Crippen LogP contribution in [0.4, 0.5) is 5.69 Å². The molecule has 0 amide bonds. The van der Waals surface area contributed by atoms with Crippen LogP contribution in [0, 0.1) is 10.1 Å². The molecule has 0 spiro atoms. The maximum atomic E-state index is 11.6. The van der Waals surface area contributed by atoms with Crippen molar-refractivity contribution in [3.8, 4) is 5.75 Å². The number of oxime groups is 1. The van der Waals surface area contributed by atoms with Gasteiger partial charge in [-0.25, -0.2) is 4.79 Å². The van der Waals surface area contributed by atoms with Gasteiger partial charge in [-0.1, -0.05) is 11.2 Å². The number of halogens is 1. The van der Waals surface area contributed by atoms with Crippen LogP contribution >= 0.6 is 15.9 Å². The highest BCUT2D eigenvalue weighted by atomic mass is 79.9. The van der Waals surface area contributed by atoms with Gasteiger partial charge in [0.05, 0.1) is 20.7 Å². The van der Waals surface area contributed by atoms with Crippen molar-refractivity contribution in [1.29, 1.82) is 0 Å². The number of carbonyl (C=O) groups is 1. The Morgan fingerprint density at radius 2 is 2.00 bits per heavy atom. The van der Waals surface area contributed by atoms with Gasteiger partial charge in [0.25, 0.3) is 5.69 Å². The quantitative estimate of drug-likeness (QED) is 0.314. The molecule has 0 saturated heterocycles. The molecule has 0 fully saturated rings. The van der Waals surface area contributed by atoms with Crippen molar-refractivity contribution < 1.29 is 19.3 Å². The summed E-state index contributed by atoms with van der Waals surface area (Å²) in [5.41, 5.74) is 2.59. The maximum Gasteiger partial charge on any atom is 0.367 e. The molecule has 1 heterocycles. The average molecular weight is 417 g/mol. The third kappa shape index (κ3) is 3.97. The van der Waals surface area contributed by atoms with Crippen LogP contribution in [0.1, 0.15) is 18.1 Å². The number of nitro groups is 1. The van der Waals surface area contributed by atoms with Gasteiger partial charge in [-0.2, -0.15) is 0 Å². The van der Waals surface area contributed by atoms with E-state index in [1.165, 1.54) is 12.1 Å². The molecule has 0 aliphatic carbocycles. The zero-order valence-electron chi connectivity index (χ0n) is 13.6. The Morgan fingerprint density at radius 3 is 2.58 bits per heavy atom. The summed E-state index contributed by atoms with van der Waals surface area (Å²) in [6.45, 7) is 1.97. The lowest BCUT2D eigenvalue weighted by atomic mass is 10.1. The lowest BCUT2D eigenvalue weighted by molar-refractivity contribution is -0.384. The summed E-state index contributed by atoms with van der Waals surface area (Å²) in [5.74, 6) is 0.141. The monoisotopic (exact) mass is 416 g/mol. The summed E-state index contributed by atoms with van der Waals surface area (Å²) >= 11 is 3.44. The fourth-order valence-electron chi connectivity index (χ4n) is 2.28. The van der Waals surface area contributed by atoms with Crippen molar-refractivity contribution in [2.75, 3.05) is 0 Å². The minimum absolute atomic E-state index is 0.0385. The van der Waals surface area contributed by atoms with Crippen molar-refractivity contribution in [2.45, 2.75) is 13.5 Å². The molecule has 7 nitrogen and oxygen atoms in total. The van der Waals surface area contributed by atoms with E-state index in [0.717, 1.165) is 15.6 Å². The Kier molecular flexibility index (Phi) is 5.13. The van der Waals surface area contributed by atoms with E-state index < -0.39 is 10.9 Å². The third-order valence-corrected chi connectivity index (χ3v) is 4.30. The normalized spacial score (nSPS) is 14.9. The largest absolute Gasteiger partial charge is 0.488 e. The van der Waals surface area contributed by atoms with Gasteiger partial charge in [0.1, 0.15) is 12.4 Å². The van der Waals surface area contributed by atoms with Gasteiger partial charge in [-0.05, 0) is 64.3 Å². The van der Waals surface area contributed by atoms with Crippen molar-refractivity contribution in [1.82, 2.24) is 0 Å². The minimum atomic E-state index is -0.475. The zero-order valence-corrected chi connectivity index (χ0v) is 15.2. The number of ether oxygens (including phenoxy) is 1. The summed E-state index contributed by atoms with van der Waals surface area (Å²) in [6, 6.07) is 11.6. The number of hydrogen-bond acceptors (Lipinski definition) is 6. The molecule has 0 saturated carbocycles. The number of benzene rings is 2. The second kappa shape index (κ2) is 7.49. The number of non-ortho nitro benzene ring substituents is 1. The van der Waals surface area contributed by atoms with E-state index in [0.29, 0.717) is 17.0 Å². The lowest BCUT2D eigenvalue weighted by Gasteiger charge is -2.09. The number of hydrogen-bond donors (Lipinski definition) is 0. The van der Waals surface area contributed by atoms with E-state index in [2.05, 4.69) is 25.9 Å². The molecule has 2 aromatic rings. The van der Waals surface area contributed by atoms with Crippen LogP contribution < -0.4 is 4.74 Å². The van der Waals surface area contributed by atoms with Gasteiger partial charge in [-0.15, -0.1) is 0 Å². The van der Waals surface area contributed by atoms with Crippen LogP contribution in [0.5, 0.6) is 5.75 Å². The molecule has 8 heteroatoms. The standard InChI is InChI=1S/C18H13BrN2O5/c1-11-15(18(22)26-20-11)8-13-4-7-17(16(19)9-13)25-10-12-2-5-14(6-3-12)21(23)24/h2-9H,10H2,1H3/b15-8+. The van der Waals surface area contributed by atoms with Crippen LogP contribution in [-0.2, 0) is 16.2 Å². The van der Waals surface area contributed by atoms with Gasteiger partial charge in [0.15, 0.2) is 0 Å². The van der Waals surface area contributed by atoms with E-state index >= 15 is 0 Å². The number of carbonyl (C=O) groups excluding carboxylic acids is 1. The van der Waals surface area contributed by atoms with Crippen molar-refractivity contribution >= 4 is 39.4 Å². The molecule has 0 atom stereocenters. The summed E-state index contributed by atoms with van der Waals surface area (Å²) in [6.07, 6.45) is 1.69. The highest BCUT2D eigenvalue weighted by molar-refractivity contribution is 9.10. The predicted molar refractivity (Wildman–Crippen MR) is 98.7 cm³/mol. The zero-order chi connectivity index (χ0) is 18.7. The minimum Gasteiger partial charge on any atom is -0.488 e. The Hall–Kier alpha value is -3.00. The van der Waals surface area contributed by atoms with Gasteiger partial charge < -0.3 is 9.57 Å². The molecule has 0 N–H and O–H groups in total. The van der Waals surface area contributed by atoms with Crippen LogP contribution in [0.15, 0.2) is 57.7 Å². The Labute approximate surface area is 157 Å². The molecule has 0 aromatic heterocycles. The lowest BCUT2D eigenvalue weighted by Crippen LogP contribution is -2.01. The summed E-state index contributed by atoms with van der Waals surface area (Å²) in [5, 5.41) is 14.3. The smallest absolute Gasteiger partial charge is 0.367 e. The second-order valence-corrected chi connectivity index (χ2v) is 6.37. The van der Waals surface area contributed by atoms with Crippen LogP contribution in [0.25, 0.3) is 6.08 Å². The molecule has 2 aromatic carbocycles. The third-order valence-electron chi connectivity index (χ3n) is 3.68. The van der Waals surface area contributed by atoms with Gasteiger partial charge in [0.2, 0.25) is 0 Å². The SMILES string of the molecule is CC1=NOC(=O)/C1=C/c1ccc(OCc2ccc([N+](=O)[O-])cc2)c(Br)c1. The maximum absolute atomic E-state index is 11.6. The molecule has 1 aliphatic heterocycles. The van der Waals surface area contributed by atoms with E-state index in [-0.39, 0.29) is 12.3 Å². The molecular weight excluding hydrogens is 404 g/mol. The Balaban J connectivity index is 1.70. The van der Waals surface area contributed by atoms with E-state index in [1.807, 2.05) is 12.1 Å². The first-order chi connectivity index (χ1) is 12.4. The number of rotatable bonds is 5. The van der Waals surface area contributed by atoms with Crippen molar-refractivity contribution in [3.05, 3.63) is 73.8 Å². The molecule has 0 radical (unpaired) electrons. The first kappa shape index (κ1) is 17.8. The highest BCUT2D eigenvalue weighted by Gasteiger charge is 2.21. The summed E-state index contributed by atoms with van der Waals surface area (Å²) in [7, 11) is 0. The number of nitrogens with zero attached hydrogens (tertiary/aromatic N) is 2. The van der Waals surface area contributed by atoms with Gasteiger partial charge in [-0.3, -0.25) is 10.1 Å². The van der Waals surface area contributed by atoms with E-state index in [9.17, 15) is 14.9 Å². The first-order valence-corrected chi connectivity index (χ1v) is 8.37. The molecule has 3 rings (SSSR count). The predicted octanol–water partition coefficient (Wildman–Crippen LogP) is 4.25. The number of nitro benzene ring substituents is 1. The topological polar surface area (TPSA) is 91.0 Å². The average Bonchev–Trinajstić information content (AvgIpc) is 2.93. The summed E-state index contributed by atoms with van der Waals surface area (Å²) in [4.78, 5) is 26.4. The molecule has 0 unspecified atom stereocenters. The molecule has 26 heavy (non-hydrogen) atoms. The van der Waals surface area contributed by atoms with Crippen LogP contribution in [0.2, 0.25) is 0 Å². The van der Waals surface area contributed by atoms with E-state index in [1.54, 1.807) is 31.2 Å². The van der Waals surface area contributed by atoms with Crippen molar-refractivity contribution in [2.24, 2.45) is 5.16 Å². The molecule has 1 aliphatic rings. The second-order valence-electron chi connectivity index (χ2n) is 5.52. The molecule has 0 bridgehead atoms. The van der Waals surface area contributed by atoms with Crippen molar-refractivity contribution in [3.63, 3.8) is 0 Å². The first-order valence-electron chi connectivity index (χ1n) is 7.58. The van der Waals surface area contributed by atoms with Gasteiger partial charge >= 0.3 is 5.97 Å². The van der Waals surface area contributed by atoms with Crippen LogP contribution in [-0.4, -0.2) is 16.6 Å². The Morgan fingerprint density at radius 1 is 1.27 bits per heavy atom. The molecule has 132 valence electrons. The van der Waals surface area contributed by atoms with Gasteiger partial charge in [0, 0.05) is 12.1 Å². The summed E-state index contributed by atoms with van der Waals surface area (Å²) < 4.78 is 6.45. The fourth-order valence-corrected chi connectivity index (χ4v) is 2.80. The fraction of sp³-hybridized carbons (Fsp3) is 0.111. The van der Waals surface area contributed by atoms with Crippen LogP contribution in [0.3, 0.4) is 0 Å². The Bertz CT molecular complexity index is 935. The highest BCUT2D eigenvalue weighted by Crippen LogP contribution is 2.28.